The van der Waals surface area contributed by atoms with Crippen LogP contribution >= 0.6 is 0 Å². The molecule has 3 atom stereocenters. The number of nitrogens with one attached hydrogen (secondary N) is 2. The van der Waals surface area contributed by atoms with Gasteiger partial charge in [-0.05, 0) is 54.5 Å². The molecule has 1 aliphatic rings. The molecule has 0 aliphatic carbocycles. The monoisotopic (exact) mass is 558 g/mol. The van der Waals surface area contributed by atoms with Crippen LogP contribution in [0.4, 0.5) is 8.78 Å². The first kappa shape index (κ1) is 31.2. The second kappa shape index (κ2) is 14.3. The molecule has 1 aliphatic heterocycles. The van der Waals surface area contributed by atoms with Gasteiger partial charge in [-0.1, -0.05) is 45.0 Å². The highest BCUT2D eigenvalue weighted by Crippen LogP contribution is 2.19. The van der Waals surface area contributed by atoms with Crippen LogP contribution < -0.4 is 10.6 Å². The Morgan fingerprint density at radius 1 is 1.02 bits per heavy atom. The van der Waals surface area contributed by atoms with Crippen molar-refractivity contribution < 1.29 is 28.3 Å². The van der Waals surface area contributed by atoms with Crippen molar-refractivity contribution in [3.8, 4) is 0 Å². The van der Waals surface area contributed by atoms with E-state index >= 15 is 0 Å². The first-order valence-corrected chi connectivity index (χ1v) is 13.8. The van der Waals surface area contributed by atoms with Crippen LogP contribution in [0.3, 0.4) is 0 Å². The lowest BCUT2D eigenvalue weighted by molar-refractivity contribution is -0.160. The molecule has 10 heteroatoms. The Bertz CT molecular complexity index is 1170. The van der Waals surface area contributed by atoms with Gasteiger partial charge in [0.15, 0.2) is 0 Å². The molecule has 0 unspecified atom stereocenters. The predicted octanol–water partition coefficient (Wildman–Crippen LogP) is 2.42. The van der Waals surface area contributed by atoms with Gasteiger partial charge in [-0.2, -0.15) is 0 Å². The third kappa shape index (κ3) is 8.32. The summed E-state index contributed by atoms with van der Waals surface area (Å²) in [5, 5.41) is 16.9. The molecular formula is C30H40F2N4O4. The topological polar surface area (TPSA) is 102 Å². The number of likely N-dealkylation sites (N-methyl/N-ethyl adjacent to an activating group) is 1. The van der Waals surface area contributed by atoms with E-state index in [-0.39, 0.29) is 43.6 Å². The Morgan fingerprint density at radius 2 is 1.70 bits per heavy atom. The highest BCUT2D eigenvalue weighted by Gasteiger charge is 2.40. The number of rotatable bonds is 13. The summed E-state index contributed by atoms with van der Waals surface area (Å²) in [5.74, 6) is -3.44. The lowest BCUT2D eigenvalue weighted by Crippen LogP contribution is -2.62. The molecule has 3 rings (SSSR count). The Balaban J connectivity index is 1.70. The van der Waals surface area contributed by atoms with Gasteiger partial charge in [0.1, 0.15) is 18.2 Å². The van der Waals surface area contributed by atoms with E-state index < -0.39 is 41.5 Å². The zero-order chi connectivity index (χ0) is 29.4. The molecular weight excluding hydrogens is 518 g/mol. The number of hydrogen-bond acceptors (Lipinski definition) is 5. The van der Waals surface area contributed by atoms with Crippen molar-refractivity contribution in [2.24, 2.45) is 5.92 Å². The number of carbonyl (C=O) groups excluding carboxylic acids is 3. The minimum absolute atomic E-state index is 0.0420. The summed E-state index contributed by atoms with van der Waals surface area (Å²) in [6.45, 7) is 8.58. The second-order valence-electron chi connectivity index (χ2n) is 10.6. The van der Waals surface area contributed by atoms with Crippen molar-refractivity contribution in [2.45, 2.75) is 65.3 Å². The summed E-state index contributed by atoms with van der Waals surface area (Å²) in [7, 11) is 0. The average Bonchev–Trinajstić information content (AvgIpc) is 2.90. The van der Waals surface area contributed by atoms with E-state index in [1.807, 2.05) is 32.0 Å². The highest BCUT2D eigenvalue weighted by atomic mass is 19.1. The molecule has 3 N–H and O–H groups in total. The van der Waals surface area contributed by atoms with Gasteiger partial charge >= 0.3 is 11.8 Å². The smallest absolute Gasteiger partial charge is 0.312 e. The fourth-order valence-corrected chi connectivity index (χ4v) is 5.06. The number of hydrogen-bond donors (Lipinski definition) is 3. The number of aliphatic hydroxyl groups excluding tert-OH is 1. The average molecular weight is 559 g/mol. The van der Waals surface area contributed by atoms with Crippen molar-refractivity contribution in [2.75, 3.05) is 26.2 Å². The number of amides is 3. The molecule has 1 heterocycles. The van der Waals surface area contributed by atoms with Gasteiger partial charge in [-0.15, -0.1) is 0 Å². The van der Waals surface area contributed by atoms with E-state index in [4.69, 9.17) is 0 Å². The molecule has 1 fully saturated rings. The van der Waals surface area contributed by atoms with Crippen molar-refractivity contribution >= 4 is 17.7 Å². The number of nitrogens with zero attached hydrogens (tertiary/aromatic N) is 2. The van der Waals surface area contributed by atoms with Crippen LogP contribution in [0.2, 0.25) is 0 Å². The molecule has 2 aromatic carbocycles. The number of carbonyl (C=O) groups is 3. The van der Waals surface area contributed by atoms with Crippen LogP contribution in [-0.4, -0.2) is 77.0 Å². The van der Waals surface area contributed by atoms with Gasteiger partial charge in [0.25, 0.3) is 0 Å². The molecule has 0 bridgehead atoms. The van der Waals surface area contributed by atoms with Crippen LogP contribution in [0.1, 0.15) is 44.4 Å². The number of aliphatic hydroxyl groups is 1. The molecule has 0 saturated carbocycles. The molecule has 0 aromatic heterocycles. The largest absolute Gasteiger partial charge is 0.390 e. The van der Waals surface area contributed by atoms with Crippen molar-refractivity contribution in [1.82, 2.24) is 20.4 Å². The number of benzene rings is 2. The van der Waals surface area contributed by atoms with E-state index in [0.29, 0.717) is 13.1 Å². The Kier molecular flexibility index (Phi) is 11.2. The number of halogens is 2. The maximum atomic E-state index is 13.9. The summed E-state index contributed by atoms with van der Waals surface area (Å²) >= 11 is 0. The predicted molar refractivity (Wildman–Crippen MR) is 148 cm³/mol. The summed E-state index contributed by atoms with van der Waals surface area (Å²) < 4.78 is 27.7. The van der Waals surface area contributed by atoms with Gasteiger partial charge in [0, 0.05) is 32.2 Å². The zero-order valence-electron chi connectivity index (χ0n) is 23.6. The van der Waals surface area contributed by atoms with Crippen LogP contribution in [0.5, 0.6) is 0 Å². The van der Waals surface area contributed by atoms with Crippen molar-refractivity contribution in [3.05, 3.63) is 70.8 Å². The van der Waals surface area contributed by atoms with Crippen LogP contribution in [0.25, 0.3) is 0 Å². The zero-order valence-corrected chi connectivity index (χ0v) is 23.6. The van der Waals surface area contributed by atoms with Crippen molar-refractivity contribution in [1.29, 1.82) is 0 Å². The molecule has 1 saturated heterocycles. The van der Waals surface area contributed by atoms with Gasteiger partial charge in [-0.3, -0.25) is 14.4 Å². The molecule has 3 amide bonds. The second-order valence-corrected chi connectivity index (χ2v) is 10.6. The van der Waals surface area contributed by atoms with Crippen molar-refractivity contribution in [3.63, 3.8) is 0 Å². The third-order valence-electron chi connectivity index (χ3n) is 7.25. The molecule has 8 nitrogen and oxygen atoms in total. The minimum Gasteiger partial charge on any atom is -0.390 e. The number of piperazine rings is 1. The molecule has 218 valence electrons. The summed E-state index contributed by atoms with van der Waals surface area (Å²) in [5.41, 5.74) is 2.49. The Labute approximate surface area is 234 Å². The van der Waals surface area contributed by atoms with Gasteiger partial charge in [-0.25, -0.2) is 8.78 Å². The Hall–Kier alpha value is -3.37. The quantitative estimate of drug-likeness (QED) is 0.328. The lowest BCUT2D eigenvalue weighted by atomic mass is 9.98. The third-order valence-corrected chi connectivity index (χ3v) is 7.25. The number of aryl methyl sites for hydroxylation is 1. The van der Waals surface area contributed by atoms with E-state index in [1.165, 1.54) is 15.4 Å². The van der Waals surface area contributed by atoms with E-state index in [1.54, 1.807) is 6.92 Å². The highest BCUT2D eigenvalue weighted by molar-refractivity contribution is 6.35. The molecule has 0 radical (unpaired) electrons. The van der Waals surface area contributed by atoms with Crippen LogP contribution in [0.15, 0.2) is 42.5 Å². The van der Waals surface area contributed by atoms with Crippen LogP contribution in [-0.2, 0) is 33.8 Å². The summed E-state index contributed by atoms with van der Waals surface area (Å²) in [6, 6.07) is 9.94. The summed E-state index contributed by atoms with van der Waals surface area (Å²) in [4.78, 5) is 41.2. The van der Waals surface area contributed by atoms with E-state index in [2.05, 4.69) is 23.6 Å². The summed E-state index contributed by atoms with van der Waals surface area (Å²) in [6.07, 6.45) is -0.254. The van der Waals surface area contributed by atoms with E-state index in [9.17, 15) is 28.3 Å². The SMILES string of the molecule is CCc1cccc(CNC[C@H](O)[C@H](Cc2cc(F)cc(F)c2)NC(=O)CN2C[C@@H](C(C)C)N(CC)C(=O)C2=O)c1. The Morgan fingerprint density at radius 3 is 2.33 bits per heavy atom. The fourth-order valence-electron chi connectivity index (χ4n) is 5.06. The standard InChI is InChI=1S/C30H40F2N4O4/c1-5-20-8-7-9-21(10-20)15-33-16-27(37)25(13-22-11-23(31)14-24(32)12-22)34-28(38)18-35-17-26(19(3)4)36(6-2)30(40)29(35)39/h7-12,14,19,25-27,33,37H,5-6,13,15-18H2,1-4H3,(H,34,38)/t25-,26-,27-/m0/s1. The molecule has 40 heavy (non-hydrogen) atoms. The van der Waals surface area contributed by atoms with Gasteiger partial charge < -0.3 is 25.5 Å². The minimum atomic E-state index is -1.11. The maximum absolute atomic E-state index is 13.9. The van der Waals surface area contributed by atoms with Gasteiger partial charge in [0.2, 0.25) is 5.91 Å². The molecule has 2 aromatic rings. The lowest BCUT2D eigenvalue weighted by Gasteiger charge is -2.41. The molecule has 0 spiro atoms. The van der Waals surface area contributed by atoms with Gasteiger partial charge in [0.05, 0.1) is 18.2 Å². The fraction of sp³-hybridized carbons (Fsp3) is 0.500. The first-order valence-electron chi connectivity index (χ1n) is 13.8. The van der Waals surface area contributed by atoms with E-state index in [0.717, 1.165) is 30.2 Å². The maximum Gasteiger partial charge on any atom is 0.312 e. The van der Waals surface area contributed by atoms with Crippen LogP contribution in [0, 0.1) is 17.6 Å². The first-order chi connectivity index (χ1) is 19.0. The normalized spacial score (nSPS) is 17.4.